The molecule has 9 aromatic heterocycles. The van der Waals surface area contributed by atoms with Crippen molar-refractivity contribution in [2.45, 2.75) is 0 Å². The monoisotopic (exact) mass is 1930 g/mol. The Morgan fingerprint density at radius 3 is 0.667 bits per heavy atom. The lowest BCUT2D eigenvalue weighted by Crippen LogP contribution is -2.04. The standard InChI is InChI=1S/C52H34N4.C46H30N4.C40H25N3S/c1-4-14-35(15-5-1)36-24-26-38(27-25-36)47-34-46(37-16-6-2-7-17-37)53-52(54-47)56-49-23-13-11-21-43(49)45-33-40(29-31-51(45)56)39-28-30-50-44(32-39)42-20-10-12-22-48(42)55(50)41-18-8-3-9-19-41;1-4-14-31(15-5-1)40-30-41(32-16-6-2-7-17-32)48-46(47-40)50-43-23-13-11-21-37(43)39-29-34(25-27-45(39)50)33-24-26-44-38(28-33)36-20-10-12-22-42(36)49(44)35-18-8-3-9-19-35;1-3-12-26(13-4-1)34-25-35(27-14-5-2-6-15-27)42-40(41-34)43-36-20-9-7-16-30(36)33-24-28(22-23-37(33)43)29-18-11-19-32-31-17-8-10-21-38(31)44-39(29)32/h1-34H;1-30H;1-25H. The molecule has 0 saturated heterocycles. The first-order valence-corrected chi connectivity index (χ1v) is 51.5. The van der Waals surface area contributed by atoms with Gasteiger partial charge in [0.2, 0.25) is 17.8 Å². The van der Waals surface area contributed by atoms with Gasteiger partial charge in [-0.3, -0.25) is 13.7 Å². The Balaban J connectivity index is 0.000000109. The first kappa shape index (κ1) is 87.8. The molecule has 30 rings (SSSR count). The fourth-order valence-corrected chi connectivity index (χ4v) is 23.3. The maximum Gasteiger partial charge on any atom is 0.235 e. The smallest absolute Gasteiger partial charge is 0.235 e. The van der Waals surface area contributed by atoms with E-state index in [9.17, 15) is 0 Å². The van der Waals surface area contributed by atoms with E-state index in [2.05, 4.69) is 526 Å². The normalized spacial score (nSPS) is 11.6. The van der Waals surface area contributed by atoms with Crippen LogP contribution < -0.4 is 0 Å². The number of para-hydroxylation sites is 7. The molecule has 0 fully saturated rings. The van der Waals surface area contributed by atoms with E-state index in [0.29, 0.717) is 17.8 Å². The van der Waals surface area contributed by atoms with E-state index in [-0.39, 0.29) is 0 Å². The Morgan fingerprint density at radius 1 is 0.133 bits per heavy atom. The Labute approximate surface area is 868 Å². The molecule has 150 heavy (non-hydrogen) atoms. The van der Waals surface area contributed by atoms with Crippen molar-refractivity contribution >= 4 is 141 Å². The Bertz CT molecular complexity index is 10300. The minimum absolute atomic E-state index is 0.641. The molecule has 0 aliphatic heterocycles. The zero-order valence-corrected chi connectivity index (χ0v) is 82.0. The van der Waals surface area contributed by atoms with Crippen molar-refractivity contribution in [1.82, 2.24) is 52.7 Å². The van der Waals surface area contributed by atoms with Crippen LogP contribution in [0.3, 0.4) is 0 Å². The highest BCUT2D eigenvalue weighted by molar-refractivity contribution is 7.26. The molecule has 12 heteroatoms. The van der Waals surface area contributed by atoms with Crippen LogP contribution in [0, 0.1) is 0 Å². The van der Waals surface area contributed by atoms with Crippen molar-refractivity contribution in [3.05, 3.63) is 540 Å². The highest BCUT2D eigenvalue weighted by atomic mass is 32.1. The second kappa shape index (κ2) is 37.4. The van der Waals surface area contributed by atoms with Gasteiger partial charge in [-0.05, 0) is 184 Å². The summed E-state index contributed by atoms with van der Waals surface area (Å²) in [5.41, 5.74) is 34.7. The second-order valence-electron chi connectivity index (χ2n) is 38.0. The van der Waals surface area contributed by atoms with Crippen LogP contribution in [0.4, 0.5) is 0 Å². The number of nitrogens with zero attached hydrogens (tertiary/aromatic N) is 11. The van der Waals surface area contributed by atoms with Crippen molar-refractivity contribution < 1.29 is 0 Å². The minimum Gasteiger partial charge on any atom is -0.309 e. The molecule has 30 aromatic rings. The van der Waals surface area contributed by atoms with Crippen LogP contribution in [0.25, 0.3) is 270 Å². The first-order valence-electron chi connectivity index (χ1n) is 50.7. The van der Waals surface area contributed by atoms with E-state index in [1.165, 1.54) is 124 Å². The fourth-order valence-electron chi connectivity index (χ4n) is 22.1. The van der Waals surface area contributed by atoms with Crippen molar-refractivity contribution in [3.8, 4) is 141 Å². The molecule has 702 valence electrons. The lowest BCUT2D eigenvalue weighted by Gasteiger charge is -2.12. The molecule has 21 aromatic carbocycles. The predicted molar refractivity (Wildman–Crippen MR) is 625 cm³/mol. The Hall–Kier alpha value is -19.9. The number of aromatic nitrogens is 11. The molecule has 0 atom stereocenters. The Kier molecular flexibility index (Phi) is 21.9. The van der Waals surface area contributed by atoms with Crippen molar-refractivity contribution in [2.24, 2.45) is 0 Å². The highest BCUT2D eigenvalue weighted by Gasteiger charge is 2.26. The maximum atomic E-state index is 5.29. The van der Waals surface area contributed by atoms with Gasteiger partial charge in [0.25, 0.3) is 0 Å². The summed E-state index contributed by atoms with van der Waals surface area (Å²) < 4.78 is 14.0. The summed E-state index contributed by atoms with van der Waals surface area (Å²) in [5.74, 6) is 1.96. The zero-order chi connectivity index (χ0) is 99.1. The van der Waals surface area contributed by atoms with Crippen LogP contribution in [-0.4, -0.2) is 52.7 Å². The topological polar surface area (TPSA) is 102 Å². The van der Waals surface area contributed by atoms with Gasteiger partial charge in [0.15, 0.2) is 0 Å². The molecule has 9 heterocycles. The van der Waals surface area contributed by atoms with E-state index < -0.39 is 0 Å². The summed E-state index contributed by atoms with van der Waals surface area (Å²) >= 11 is 1.87. The highest BCUT2D eigenvalue weighted by Crippen LogP contribution is 2.47. The molecular formula is C138H89N11S. The van der Waals surface area contributed by atoms with Gasteiger partial charge in [-0.1, -0.05) is 400 Å². The number of benzene rings is 21. The van der Waals surface area contributed by atoms with E-state index in [1.54, 1.807) is 0 Å². The van der Waals surface area contributed by atoms with Gasteiger partial charge < -0.3 is 9.13 Å². The maximum absolute atomic E-state index is 5.29. The second-order valence-corrected chi connectivity index (χ2v) is 39.0. The Morgan fingerprint density at radius 2 is 0.347 bits per heavy atom. The van der Waals surface area contributed by atoms with Gasteiger partial charge >= 0.3 is 0 Å². The molecule has 0 aliphatic rings. The fraction of sp³-hybridized carbons (Fsp3) is 0. The third-order valence-electron chi connectivity index (χ3n) is 29.2. The van der Waals surface area contributed by atoms with Gasteiger partial charge in [-0.25, -0.2) is 29.9 Å². The SMILES string of the molecule is c1ccc(-c2cc(-c3ccccc3)nc(-n3c4ccccc4c4cc(-c5ccc6c(c5)c5ccccc5n6-c5ccccc5)ccc43)n2)cc1.c1ccc(-c2cc(-c3ccccc3)nc(-n3c4ccccc4c4cc(-c5cccc6c5sc5ccccc56)ccc43)n2)cc1.c1ccc(-c2ccc(-c3cc(-c4ccccc4)nc(-n4c5ccccc5c5cc(-c6ccc7c(c6)c6ccccc6n7-c6ccccc6)ccc54)n3)cc2)cc1. The van der Waals surface area contributed by atoms with Crippen LogP contribution in [0.15, 0.2) is 540 Å². The number of fused-ring (bicyclic) bond motifs is 18. The zero-order valence-electron chi connectivity index (χ0n) is 81.2. The van der Waals surface area contributed by atoms with E-state index in [4.69, 9.17) is 29.9 Å². The summed E-state index contributed by atoms with van der Waals surface area (Å²) in [7, 11) is 0. The van der Waals surface area contributed by atoms with E-state index in [1.807, 2.05) is 47.7 Å². The molecule has 0 bridgehead atoms. The summed E-state index contributed by atoms with van der Waals surface area (Å²) in [6.07, 6.45) is 0. The number of thiophene rings is 1. The average Bonchev–Trinajstić information content (AvgIpc) is 1.59. The van der Waals surface area contributed by atoms with Gasteiger partial charge in [0.05, 0.1) is 89.3 Å². The molecule has 0 aliphatic carbocycles. The van der Waals surface area contributed by atoms with E-state index in [0.717, 1.165) is 128 Å². The van der Waals surface area contributed by atoms with Gasteiger partial charge in [-0.2, -0.15) is 0 Å². The summed E-state index contributed by atoms with van der Waals surface area (Å²) in [4.78, 5) is 31.3. The molecule has 0 saturated carbocycles. The summed E-state index contributed by atoms with van der Waals surface area (Å²) in [6.45, 7) is 0. The van der Waals surface area contributed by atoms with Gasteiger partial charge in [-0.15, -0.1) is 11.3 Å². The van der Waals surface area contributed by atoms with Crippen molar-refractivity contribution in [3.63, 3.8) is 0 Å². The summed E-state index contributed by atoms with van der Waals surface area (Å²) in [6, 6.07) is 191. The first-order chi connectivity index (χ1) is 74.4. The number of hydrogen-bond acceptors (Lipinski definition) is 7. The lowest BCUT2D eigenvalue weighted by atomic mass is 10.0. The van der Waals surface area contributed by atoms with Gasteiger partial charge in [0.1, 0.15) is 0 Å². The predicted octanol–water partition coefficient (Wildman–Crippen LogP) is 36.0. The van der Waals surface area contributed by atoms with Crippen molar-refractivity contribution in [1.29, 1.82) is 0 Å². The quantitative estimate of drug-likeness (QED) is 0.101. The van der Waals surface area contributed by atoms with Crippen LogP contribution >= 0.6 is 11.3 Å². The van der Waals surface area contributed by atoms with Gasteiger partial charge in [0, 0.05) is 119 Å². The molecule has 0 spiro atoms. The molecule has 0 amide bonds. The number of hydrogen-bond donors (Lipinski definition) is 0. The molecule has 0 radical (unpaired) electrons. The van der Waals surface area contributed by atoms with Crippen molar-refractivity contribution in [2.75, 3.05) is 0 Å². The lowest BCUT2D eigenvalue weighted by molar-refractivity contribution is 0.995. The minimum atomic E-state index is 0.641. The van der Waals surface area contributed by atoms with Crippen LogP contribution in [0.1, 0.15) is 0 Å². The summed E-state index contributed by atoms with van der Waals surface area (Å²) in [5, 5.41) is 14.6. The van der Waals surface area contributed by atoms with Crippen LogP contribution in [-0.2, 0) is 0 Å². The average molecular weight is 1930 g/mol. The number of rotatable bonds is 15. The van der Waals surface area contributed by atoms with Crippen LogP contribution in [0.2, 0.25) is 0 Å². The molecule has 11 nitrogen and oxygen atoms in total. The largest absolute Gasteiger partial charge is 0.309 e. The molecular weight excluding hydrogens is 1840 g/mol. The van der Waals surface area contributed by atoms with Crippen LogP contribution in [0.5, 0.6) is 0 Å². The third kappa shape index (κ3) is 15.7. The third-order valence-corrected chi connectivity index (χ3v) is 30.4. The molecule has 0 unspecified atom stereocenters. The van der Waals surface area contributed by atoms with E-state index >= 15 is 0 Å². The molecule has 0 N–H and O–H groups in total.